The lowest BCUT2D eigenvalue weighted by Gasteiger charge is -2.35. The van der Waals surface area contributed by atoms with Crippen LogP contribution in [0.15, 0.2) is 255 Å². The fraction of sp³-hybridized carbons (Fsp3) is 0.0556. The molecule has 0 saturated heterocycles. The Bertz CT molecular complexity index is 4290. The van der Waals surface area contributed by atoms with Crippen LogP contribution in [0.5, 0.6) is 0 Å². The van der Waals surface area contributed by atoms with Crippen molar-refractivity contribution in [3.63, 3.8) is 0 Å². The highest BCUT2D eigenvalue weighted by molar-refractivity contribution is 6.23. The van der Waals surface area contributed by atoms with Gasteiger partial charge in [-0.05, 0) is 155 Å². The smallest absolute Gasteiger partial charge is 0.0622 e. The van der Waals surface area contributed by atoms with Gasteiger partial charge in [0.25, 0.3) is 0 Å². The minimum Gasteiger partial charge on any atom is -0.0622 e. The maximum absolute atomic E-state index is 2.54. The van der Waals surface area contributed by atoms with E-state index in [0.29, 0.717) is 0 Å². The average molecular weight is 913 g/mol. The van der Waals surface area contributed by atoms with E-state index in [1.807, 2.05) is 0 Å². The van der Waals surface area contributed by atoms with E-state index in [9.17, 15) is 0 Å². The van der Waals surface area contributed by atoms with Crippen molar-refractivity contribution >= 4 is 53.9 Å². The summed E-state index contributed by atoms with van der Waals surface area (Å²) in [7, 11) is 0. The summed E-state index contributed by atoms with van der Waals surface area (Å²) in [4.78, 5) is 0. The van der Waals surface area contributed by atoms with Crippen LogP contribution in [0.25, 0.3) is 109 Å². The topological polar surface area (TPSA) is 0 Å². The van der Waals surface area contributed by atoms with Crippen molar-refractivity contribution in [1.82, 2.24) is 0 Å². The van der Waals surface area contributed by atoms with Gasteiger partial charge in [-0.15, -0.1) is 0 Å². The Labute approximate surface area is 420 Å². The van der Waals surface area contributed by atoms with Crippen molar-refractivity contribution in [2.75, 3.05) is 0 Å². The first kappa shape index (κ1) is 41.0. The van der Waals surface area contributed by atoms with Crippen LogP contribution in [0.4, 0.5) is 0 Å². The monoisotopic (exact) mass is 912 g/mol. The van der Waals surface area contributed by atoms with Gasteiger partial charge in [0.05, 0.1) is 5.41 Å². The molecule has 0 heterocycles. The SMILES string of the molecule is CC1(C)c2ccccc2-c2ccc(-c3c4ccccc4c(-c4ccc(-c5cc6c(c7ccccc57)C(c5ccccc5)(c5ccccc5)c5c-6c6ccccc6c6ccccc56)cc4)c4ccccc34)cc21. The summed E-state index contributed by atoms with van der Waals surface area (Å²) in [6, 6.07) is 96.2. The van der Waals surface area contributed by atoms with Crippen molar-refractivity contribution in [3.05, 3.63) is 288 Å². The number of rotatable bonds is 5. The van der Waals surface area contributed by atoms with Crippen LogP contribution in [0, 0.1) is 0 Å². The Balaban J connectivity index is 0.959. The molecule has 72 heavy (non-hydrogen) atoms. The zero-order chi connectivity index (χ0) is 47.7. The second kappa shape index (κ2) is 15.3. The van der Waals surface area contributed by atoms with Crippen molar-refractivity contribution < 1.29 is 0 Å². The summed E-state index contributed by atoms with van der Waals surface area (Å²) in [5, 5.41) is 12.7. The predicted octanol–water partition coefficient (Wildman–Crippen LogP) is 19.1. The number of fused-ring (bicyclic) bond motifs is 15. The van der Waals surface area contributed by atoms with Crippen LogP contribution in [-0.2, 0) is 10.8 Å². The van der Waals surface area contributed by atoms with Crippen LogP contribution in [0.3, 0.4) is 0 Å². The normalized spacial score (nSPS) is 13.9. The van der Waals surface area contributed by atoms with Gasteiger partial charge in [0.1, 0.15) is 0 Å². The second-order valence-electron chi connectivity index (χ2n) is 20.6. The molecule has 0 amide bonds. The summed E-state index contributed by atoms with van der Waals surface area (Å²) < 4.78 is 0. The van der Waals surface area contributed by atoms with Gasteiger partial charge in [-0.1, -0.05) is 257 Å². The van der Waals surface area contributed by atoms with E-state index in [2.05, 4.69) is 269 Å². The number of benzene rings is 13. The van der Waals surface area contributed by atoms with E-state index in [0.717, 1.165) is 0 Å². The Morgan fingerprint density at radius 3 is 1.22 bits per heavy atom. The standard InChI is InChI=1S/C72H48/c1-71(2)64-36-20-19-28-53(64)54-42-41-47(43-65(54)71)67-58-32-15-13-30-56(58)66(57-31-14-16-33-59(57)67)46-39-37-45(38-40-46)62-44-63-68-55-29-12-9-25-50(55)51-26-10-18-35-61(51)70(68)72(48-21-5-3-6-22-48,49-23-7-4-8-24-49)69(63)60-34-17-11-27-52(60)62/h3-44H,1-2H3. The molecule has 0 heteroatoms. The fourth-order valence-corrected chi connectivity index (χ4v) is 13.7. The highest BCUT2D eigenvalue weighted by Gasteiger charge is 2.49. The molecule has 336 valence electrons. The molecule has 13 aromatic rings. The van der Waals surface area contributed by atoms with Crippen LogP contribution in [0.1, 0.15) is 47.2 Å². The summed E-state index contributed by atoms with van der Waals surface area (Å²) in [6.45, 7) is 4.75. The lowest BCUT2D eigenvalue weighted by Crippen LogP contribution is -2.29. The minimum atomic E-state index is -0.589. The molecule has 0 N–H and O–H groups in total. The molecule has 13 aromatic carbocycles. The average Bonchev–Trinajstić information content (AvgIpc) is 3.90. The molecule has 0 aromatic heterocycles. The lowest BCUT2D eigenvalue weighted by molar-refractivity contribution is 0.660. The third kappa shape index (κ3) is 5.52. The maximum Gasteiger partial charge on any atom is 0.0725 e. The lowest BCUT2D eigenvalue weighted by atomic mass is 9.65. The molecule has 0 spiro atoms. The zero-order valence-electron chi connectivity index (χ0n) is 40.2. The summed E-state index contributed by atoms with van der Waals surface area (Å²) in [6.07, 6.45) is 0. The third-order valence-corrected chi connectivity index (χ3v) is 16.7. The highest BCUT2D eigenvalue weighted by Crippen LogP contribution is 2.63. The predicted molar refractivity (Wildman–Crippen MR) is 305 cm³/mol. The van der Waals surface area contributed by atoms with Gasteiger partial charge in [0.15, 0.2) is 0 Å². The van der Waals surface area contributed by atoms with E-state index in [1.165, 1.54) is 143 Å². The molecule has 2 aliphatic carbocycles. The minimum absolute atomic E-state index is 0.0855. The molecule has 0 unspecified atom stereocenters. The van der Waals surface area contributed by atoms with Gasteiger partial charge in [-0.3, -0.25) is 0 Å². The molecular weight excluding hydrogens is 865 g/mol. The quantitative estimate of drug-likeness (QED) is 0.119. The van der Waals surface area contributed by atoms with Crippen LogP contribution in [0.2, 0.25) is 0 Å². The molecular formula is C72H48. The van der Waals surface area contributed by atoms with Gasteiger partial charge in [-0.2, -0.15) is 0 Å². The molecule has 0 aliphatic heterocycles. The van der Waals surface area contributed by atoms with E-state index in [1.54, 1.807) is 0 Å². The van der Waals surface area contributed by atoms with E-state index in [-0.39, 0.29) is 5.41 Å². The first-order valence-electron chi connectivity index (χ1n) is 25.4. The van der Waals surface area contributed by atoms with E-state index < -0.39 is 5.41 Å². The summed E-state index contributed by atoms with van der Waals surface area (Å²) in [5.74, 6) is 0. The van der Waals surface area contributed by atoms with Crippen molar-refractivity contribution in [2.45, 2.75) is 24.7 Å². The Morgan fingerprint density at radius 1 is 0.236 bits per heavy atom. The summed E-state index contributed by atoms with van der Waals surface area (Å²) >= 11 is 0. The Hall–Kier alpha value is -8.84. The zero-order valence-corrected chi connectivity index (χ0v) is 40.2. The first-order chi connectivity index (χ1) is 35.5. The van der Waals surface area contributed by atoms with E-state index >= 15 is 0 Å². The van der Waals surface area contributed by atoms with Crippen molar-refractivity contribution in [3.8, 4) is 55.6 Å². The largest absolute Gasteiger partial charge is 0.0725 e. The molecule has 0 bridgehead atoms. The van der Waals surface area contributed by atoms with Gasteiger partial charge in [-0.25, -0.2) is 0 Å². The summed E-state index contributed by atoms with van der Waals surface area (Å²) in [5.41, 5.74) is 20.2. The Kier molecular flexibility index (Phi) is 8.73. The second-order valence-corrected chi connectivity index (χ2v) is 20.6. The molecule has 0 atom stereocenters. The van der Waals surface area contributed by atoms with Crippen molar-refractivity contribution in [2.24, 2.45) is 0 Å². The number of hydrogen-bond donors (Lipinski definition) is 0. The molecule has 15 rings (SSSR count). The van der Waals surface area contributed by atoms with Crippen molar-refractivity contribution in [1.29, 1.82) is 0 Å². The van der Waals surface area contributed by atoms with Crippen LogP contribution in [-0.4, -0.2) is 0 Å². The van der Waals surface area contributed by atoms with Gasteiger partial charge in [0.2, 0.25) is 0 Å². The molecule has 0 saturated carbocycles. The first-order valence-corrected chi connectivity index (χ1v) is 25.4. The fourth-order valence-electron chi connectivity index (χ4n) is 13.7. The van der Waals surface area contributed by atoms with Crippen LogP contribution >= 0.6 is 0 Å². The molecule has 2 aliphatic rings. The van der Waals surface area contributed by atoms with Gasteiger partial charge >= 0.3 is 0 Å². The van der Waals surface area contributed by atoms with Gasteiger partial charge in [0, 0.05) is 5.41 Å². The van der Waals surface area contributed by atoms with E-state index in [4.69, 9.17) is 0 Å². The third-order valence-electron chi connectivity index (χ3n) is 16.7. The Morgan fingerprint density at radius 2 is 0.639 bits per heavy atom. The number of hydrogen-bond acceptors (Lipinski definition) is 0. The van der Waals surface area contributed by atoms with Gasteiger partial charge < -0.3 is 0 Å². The highest BCUT2D eigenvalue weighted by atomic mass is 14.5. The molecule has 0 radical (unpaired) electrons. The molecule has 0 fully saturated rings. The van der Waals surface area contributed by atoms with Crippen LogP contribution < -0.4 is 0 Å². The molecule has 0 nitrogen and oxygen atoms in total. The maximum atomic E-state index is 2.54.